The van der Waals surface area contributed by atoms with Gasteiger partial charge in [-0.25, -0.2) is 0 Å². The van der Waals surface area contributed by atoms with Crippen molar-refractivity contribution in [3.05, 3.63) is 0 Å². The molecule has 0 saturated carbocycles. The zero-order valence-electron chi connectivity index (χ0n) is 11.2. The second-order valence-electron chi connectivity index (χ2n) is 5.88. The summed E-state index contributed by atoms with van der Waals surface area (Å²) < 4.78 is 5.61. The average molecular weight is 231 g/mol. The first-order chi connectivity index (χ1) is 6.81. The maximum atomic E-state index is 5.86. The summed E-state index contributed by atoms with van der Waals surface area (Å²) in [6, 6.07) is 0. The molecule has 0 aromatic carbocycles. The predicted molar refractivity (Wildman–Crippen MR) is 70.5 cm³/mol. The molecule has 0 saturated heterocycles. The van der Waals surface area contributed by atoms with Crippen LogP contribution in [0, 0.1) is 5.41 Å². The van der Waals surface area contributed by atoms with E-state index in [0.29, 0.717) is 5.41 Å². The van der Waals surface area contributed by atoms with Crippen LogP contribution in [-0.4, -0.2) is 15.3 Å². The minimum atomic E-state index is -0.940. The van der Waals surface area contributed by atoms with Gasteiger partial charge in [0, 0.05) is 0 Å². The Kier molecular flexibility index (Phi) is 7.48. The minimum Gasteiger partial charge on any atom is -0.406 e. The molecule has 1 unspecified atom stereocenters. The van der Waals surface area contributed by atoms with E-state index in [1.54, 1.807) is 0 Å². The van der Waals surface area contributed by atoms with Crippen LogP contribution in [0.5, 0.6) is 0 Å². The molecule has 0 radical (unpaired) electrons. The third-order valence-electron chi connectivity index (χ3n) is 2.36. The fourth-order valence-electron chi connectivity index (χ4n) is 1.60. The number of nitrogens with two attached hydrogens (primary N) is 1. The molecule has 0 fully saturated rings. The summed E-state index contributed by atoms with van der Waals surface area (Å²) in [4.78, 5) is 0. The lowest BCUT2D eigenvalue weighted by Gasteiger charge is -2.18. The number of unbranched alkanes of at least 4 members (excludes halogenated alkanes) is 2. The highest BCUT2D eigenvalue weighted by atomic mass is 28.3. The van der Waals surface area contributed by atoms with Crippen LogP contribution in [-0.2, 0) is 4.43 Å². The van der Waals surface area contributed by atoms with E-state index in [9.17, 15) is 0 Å². The topological polar surface area (TPSA) is 35.2 Å². The molecule has 0 aliphatic heterocycles. The average Bonchev–Trinajstić information content (AvgIpc) is 1.99. The van der Waals surface area contributed by atoms with Crippen molar-refractivity contribution in [2.24, 2.45) is 11.1 Å². The van der Waals surface area contributed by atoms with E-state index in [1.807, 2.05) is 0 Å². The van der Waals surface area contributed by atoms with Crippen LogP contribution in [0.25, 0.3) is 0 Å². The van der Waals surface area contributed by atoms with Crippen molar-refractivity contribution < 1.29 is 4.43 Å². The molecule has 0 bridgehead atoms. The summed E-state index contributed by atoms with van der Waals surface area (Å²) in [6.45, 7) is 11.2. The fourth-order valence-corrected chi connectivity index (χ4v) is 2.43. The van der Waals surface area contributed by atoms with Gasteiger partial charge >= 0.3 is 0 Å². The van der Waals surface area contributed by atoms with E-state index in [0.717, 1.165) is 6.42 Å². The van der Waals surface area contributed by atoms with Crippen molar-refractivity contribution in [2.75, 3.05) is 0 Å². The Bertz CT molecular complexity index is 154. The van der Waals surface area contributed by atoms with Crippen molar-refractivity contribution in [1.29, 1.82) is 0 Å². The third kappa shape index (κ3) is 12.1. The van der Waals surface area contributed by atoms with E-state index in [1.165, 1.54) is 25.7 Å². The molecule has 1 atom stereocenters. The molecule has 2 N–H and O–H groups in total. The van der Waals surface area contributed by atoms with Gasteiger partial charge in [0.2, 0.25) is 0 Å². The zero-order valence-corrected chi connectivity index (χ0v) is 12.3. The Morgan fingerprint density at radius 3 is 2.20 bits per heavy atom. The molecular formula is C12H29NOSi. The number of hydrogen-bond donors (Lipinski definition) is 1. The molecule has 0 spiro atoms. The van der Waals surface area contributed by atoms with Crippen LogP contribution in [0.1, 0.15) is 52.9 Å². The van der Waals surface area contributed by atoms with Gasteiger partial charge in [-0.05, 0) is 37.8 Å². The van der Waals surface area contributed by atoms with Crippen LogP contribution in [0.4, 0.5) is 0 Å². The zero-order chi connectivity index (χ0) is 11.9. The predicted octanol–water partition coefficient (Wildman–Crippen LogP) is 3.27. The normalized spacial score (nSPS) is 14.6. The van der Waals surface area contributed by atoms with E-state index in [4.69, 9.17) is 10.2 Å². The highest BCUT2D eigenvalue weighted by molar-refractivity contribution is 6.48. The van der Waals surface area contributed by atoms with Crippen LogP contribution in [0.15, 0.2) is 0 Å². The lowest BCUT2D eigenvalue weighted by atomic mass is 9.89. The highest BCUT2D eigenvalue weighted by Gasteiger charge is 2.09. The molecule has 3 heteroatoms. The number of rotatable bonds is 7. The van der Waals surface area contributed by atoms with Gasteiger partial charge in [-0.2, -0.15) is 0 Å². The Morgan fingerprint density at radius 2 is 1.73 bits per heavy atom. The van der Waals surface area contributed by atoms with Crippen LogP contribution >= 0.6 is 0 Å². The Morgan fingerprint density at radius 1 is 1.13 bits per heavy atom. The van der Waals surface area contributed by atoms with Crippen LogP contribution in [0.2, 0.25) is 13.1 Å². The van der Waals surface area contributed by atoms with Crippen molar-refractivity contribution in [2.45, 2.75) is 72.2 Å². The Labute approximate surface area is 97.3 Å². The molecule has 0 rings (SSSR count). The van der Waals surface area contributed by atoms with Gasteiger partial charge in [0.25, 0.3) is 0 Å². The molecule has 2 nitrogen and oxygen atoms in total. The first-order valence-corrected chi connectivity index (χ1v) is 9.00. The van der Waals surface area contributed by atoms with Crippen LogP contribution in [0.3, 0.4) is 0 Å². The standard InChI is InChI=1S/C12H29NOSi/c1-12(2,3)10-8-6-7-9-11(13)14-15(4)5/h11,15H,6-10,13H2,1-5H3. The van der Waals surface area contributed by atoms with E-state index in [-0.39, 0.29) is 6.23 Å². The van der Waals surface area contributed by atoms with E-state index >= 15 is 0 Å². The lowest BCUT2D eigenvalue weighted by Crippen LogP contribution is -2.28. The summed E-state index contributed by atoms with van der Waals surface area (Å²) in [5.74, 6) is 0. The lowest BCUT2D eigenvalue weighted by molar-refractivity contribution is 0.196. The summed E-state index contributed by atoms with van der Waals surface area (Å²) in [5.41, 5.74) is 6.33. The molecule has 0 heterocycles. The largest absolute Gasteiger partial charge is 0.406 e. The van der Waals surface area contributed by atoms with Gasteiger partial charge in [0.1, 0.15) is 0 Å². The molecule has 0 aromatic rings. The van der Waals surface area contributed by atoms with Crippen molar-refractivity contribution in [1.82, 2.24) is 0 Å². The second-order valence-corrected chi connectivity index (χ2v) is 8.25. The van der Waals surface area contributed by atoms with Gasteiger partial charge in [-0.3, -0.25) is 0 Å². The quantitative estimate of drug-likeness (QED) is 0.415. The molecule has 0 aliphatic carbocycles. The maximum Gasteiger partial charge on any atom is 0.173 e. The molecular weight excluding hydrogens is 202 g/mol. The first-order valence-electron chi connectivity index (χ1n) is 6.22. The molecule has 0 aliphatic rings. The fraction of sp³-hybridized carbons (Fsp3) is 1.00. The maximum absolute atomic E-state index is 5.86. The van der Waals surface area contributed by atoms with Gasteiger partial charge in [0.05, 0.1) is 6.23 Å². The Hall–Kier alpha value is 0.137. The van der Waals surface area contributed by atoms with Gasteiger partial charge in [-0.15, -0.1) is 0 Å². The minimum absolute atomic E-state index is 0.00805. The van der Waals surface area contributed by atoms with E-state index < -0.39 is 9.04 Å². The van der Waals surface area contributed by atoms with Crippen LogP contribution < -0.4 is 5.73 Å². The highest BCUT2D eigenvalue weighted by Crippen LogP contribution is 2.22. The third-order valence-corrected chi connectivity index (χ3v) is 3.26. The van der Waals surface area contributed by atoms with Gasteiger partial charge in [0.15, 0.2) is 9.04 Å². The summed E-state index contributed by atoms with van der Waals surface area (Å²) in [6.07, 6.45) is 6.13. The smallest absolute Gasteiger partial charge is 0.173 e. The van der Waals surface area contributed by atoms with Crippen molar-refractivity contribution in [3.8, 4) is 0 Å². The molecule has 15 heavy (non-hydrogen) atoms. The van der Waals surface area contributed by atoms with Gasteiger partial charge in [-0.1, -0.05) is 33.6 Å². The molecule has 0 amide bonds. The summed E-state index contributed by atoms with van der Waals surface area (Å²) in [5, 5.41) is 0. The van der Waals surface area contributed by atoms with E-state index in [2.05, 4.69) is 33.9 Å². The van der Waals surface area contributed by atoms with Crippen molar-refractivity contribution >= 4 is 9.04 Å². The second kappa shape index (κ2) is 7.42. The van der Waals surface area contributed by atoms with Gasteiger partial charge < -0.3 is 10.2 Å². The summed E-state index contributed by atoms with van der Waals surface area (Å²) in [7, 11) is -0.940. The summed E-state index contributed by atoms with van der Waals surface area (Å²) >= 11 is 0. The first kappa shape index (κ1) is 15.1. The molecule has 92 valence electrons. The van der Waals surface area contributed by atoms with Crippen molar-refractivity contribution in [3.63, 3.8) is 0 Å². The Balaban J connectivity index is 3.31. The monoisotopic (exact) mass is 231 g/mol. The number of hydrogen-bond acceptors (Lipinski definition) is 2. The molecule has 0 aromatic heterocycles. The SMILES string of the molecule is C[SiH](C)OC(N)CCCCCC(C)(C)C.